The monoisotopic (exact) mass is 246 g/mol. The minimum Gasteiger partial charge on any atom is -0.336 e. The highest BCUT2D eigenvalue weighted by atomic mass is 16.2. The van der Waals surface area contributed by atoms with Crippen molar-refractivity contribution in [3.05, 3.63) is 36.2 Å². The maximum Gasteiger partial charge on any atom is 0.246 e. The van der Waals surface area contributed by atoms with Crippen molar-refractivity contribution in [2.45, 2.75) is 33.7 Å². The minimum atomic E-state index is 0.0653. The van der Waals surface area contributed by atoms with Crippen LogP contribution in [0.2, 0.25) is 0 Å². The molecule has 1 rings (SSSR count). The Hall–Kier alpha value is -1.64. The summed E-state index contributed by atoms with van der Waals surface area (Å²) in [5.74, 6) is 0.543. The van der Waals surface area contributed by atoms with Crippen molar-refractivity contribution >= 4 is 12.0 Å². The van der Waals surface area contributed by atoms with Crippen LogP contribution in [0.15, 0.2) is 30.6 Å². The lowest BCUT2D eigenvalue weighted by Gasteiger charge is -2.27. The summed E-state index contributed by atoms with van der Waals surface area (Å²) in [6.07, 6.45) is 6.91. The molecule has 0 atom stereocenters. The molecule has 3 heteroatoms. The van der Waals surface area contributed by atoms with E-state index in [1.807, 2.05) is 37.0 Å². The Morgan fingerprint density at radius 3 is 2.39 bits per heavy atom. The molecular formula is C15H22N2O. The third-order valence-electron chi connectivity index (χ3n) is 2.59. The quantitative estimate of drug-likeness (QED) is 0.748. The molecule has 1 amide bonds. The number of nitrogens with zero attached hydrogens (tertiary/aromatic N) is 2. The van der Waals surface area contributed by atoms with E-state index in [-0.39, 0.29) is 11.9 Å². The maximum atomic E-state index is 12.1. The van der Waals surface area contributed by atoms with Gasteiger partial charge in [0.2, 0.25) is 5.91 Å². The zero-order valence-corrected chi connectivity index (χ0v) is 11.6. The van der Waals surface area contributed by atoms with E-state index in [0.29, 0.717) is 5.92 Å². The van der Waals surface area contributed by atoms with E-state index in [1.54, 1.807) is 18.5 Å². The largest absolute Gasteiger partial charge is 0.336 e. The summed E-state index contributed by atoms with van der Waals surface area (Å²) in [4.78, 5) is 18.0. The van der Waals surface area contributed by atoms with E-state index in [0.717, 1.165) is 12.1 Å². The van der Waals surface area contributed by atoms with E-state index in [4.69, 9.17) is 0 Å². The topological polar surface area (TPSA) is 33.2 Å². The molecule has 0 saturated carbocycles. The molecule has 1 aromatic heterocycles. The molecule has 0 radical (unpaired) electrons. The Bertz CT molecular complexity index is 396. The van der Waals surface area contributed by atoms with Crippen LogP contribution >= 0.6 is 0 Å². The third kappa shape index (κ3) is 4.70. The second-order valence-corrected chi connectivity index (χ2v) is 5.09. The van der Waals surface area contributed by atoms with Gasteiger partial charge in [-0.25, -0.2) is 0 Å². The molecule has 18 heavy (non-hydrogen) atoms. The SMILES string of the molecule is CC(C)CN(C(=O)/C=C/c1ccncc1)C(C)C. The number of amides is 1. The zero-order chi connectivity index (χ0) is 13.5. The first-order valence-electron chi connectivity index (χ1n) is 6.39. The fraction of sp³-hybridized carbons (Fsp3) is 0.467. The molecule has 0 spiro atoms. The number of aromatic nitrogens is 1. The highest BCUT2D eigenvalue weighted by Crippen LogP contribution is 2.07. The molecule has 1 aromatic rings. The highest BCUT2D eigenvalue weighted by Gasteiger charge is 2.15. The van der Waals surface area contributed by atoms with Crippen LogP contribution < -0.4 is 0 Å². The van der Waals surface area contributed by atoms with Gasteiger partial charge in [-0.05, 0) is 43.5 Å². The van der Waals surface area contributed by atoms with Gasteiger partial charge in [0, 0.05) is 31.1 Å². The van der Waals surface area contributed by atoms with Crippen LogP contribution in [-0.2, 0) is 4.79 Å². The summed E-state index contributed by atoms with van der Waals surface area (Å²) in [7, 11) is 0. The zero-order valence-electron chi connectivity index (χ0n) is 11.6. The third-order valence-corrected chi connectivity index (χ3v) is 2.59. The van der Waals surface area contributed by atoms with Crippen molar-refractivity contribution in [2.24, 2.45) is 5.92 Å². The molecule has 0 aliphatic carbocycles. The molecule has 0 aliphatic rings. The van der Waals surface area contributed by atoms with Crippen molar-refractivity contribution in [3.8, 4) is 0 Å². The molecule has 98 valence electrons. The van der Waals surface area contributed by atoms with E-state index < -0.39 is 0 Å². The second kappa shape index (κ2) is 6.94. The first-order chi connectivity index (χ1) is 8.50. The van der Waals surface area contributed by atoms with E-state index in [9.17, 15) is 4.79 Å². The lowest BCUT2D eigenvalue weighted by molar-refractivity contribution is -0.128. The van der Waals surface area contributed by atoms with Gasteiger partial charge in [0.25, 0.3) is 0 Å². The molecule has 0 fully saturated rings. The van der Waals surface area contributed by atoms with Gasteiger partial charge in [-0.2, -0.15) is 0 Å². The molecule has 0 unspecified atom stereocenters. The molecule has 0 aromatic carbocycles. The fourth-order valence-electron chi connectivity index (χ4n) is 1.69. The molecular weight excluding hydrogens is 224 g/mol. The van der Waals surface area contributed by atoms with Crippen LogP contribution in [-0.4, -0.2) is 28.4 Å². The van der Waals surface area contributed by atoms with Crippen molar-refractivity contribution in [1.29, 1.82) is 0 Å². The molecule has 0 saturated heterocycles. The Morgan fingerprint density at radius 1 is 1.28 bits per heavy atom. The average molecular weight is 246 g/mol. The van der Waals surface area contributed by atoms with E-state index >= 15 is 0 Å². The predicted octanol–water partition coefficient (Wildman–Crippen LogP) is 2.99. The Balaban J connectivity index is 2.70. The molecule has 0 bridgehead atoms. The first-order valence-corrected chi connectivity index (χ1v) is 6.39. The van der Waals surface area contributed by atoms with Gasteiger partial charge in [0.1, 0.15) is 0 Å². The summed E-state index contributed by atoms with van der Waals surface area (Å²) < 4.78 is 0. The van der Waals surface area contributed by atoms with Gasteiger partial charge < -0.3 is 4.90 Å². The van der Waals surface area contributed by atoms with Gasteiger partial charge in [-0.1, -0.05) is 13.8 Å². The lowest BCUT2D eigenvalue weighted by Crippen LogP contribution is -2.38. The molecule has 0 aliphatic heterocycles. The van der Waals surface area contributed by atoms with Crippen molar-refractivity contribution in [1.82, 2.24) is 9.88 Å². The second-order valence-electron chi connectivity index (χ2n) is 5.09. The van der Waals surface area contributed by atoms with Gasteiger partial charge in [-0.3, -0.25) is 9.78 Å². The van der Waals surface area contributed by atoms with Gasteiger partial charge in [0.15, 0.2) is 0 Å². The van der Waals surface area contributed by atoms with E-state index in [1.165, 1.54) is 0 Å². The molecule has 1 heterocycles. The number of carbonyl (C=O) groups excluding carboxylic acids is 1. The Labute approximate surface area is 110 Å². The standard InChI is InChI=1S/C15H22N2O/c1-12(2)11-17(13(3)4)15(18)6-5-14-7-9-16-10-8-14/h5-10,12-13H,11H2,1-4H3/b6-5+. The van der Waals surface area contributed by atoms with E-state index in [2.05, 4.69) is 18.8 Å². The fourth-order valence-corrected chi connectivity index (χ4v) is 1.69. The summed E-state index contributed by atoms with van der Waals surface area (Å²) in [5.41, 5.74) is 0.992. The molecule has 3 nitrogen and oxygen atoms in total. The lowest BCUT2D eigenvalue weighted by atomic mass is 10.1. The minimum absolute atomic E-state index is 0.0653. The van der Waals surface area contributed by atoms with Crippen LogP contribution in [0.4, 0.5) is 0 Å². The number of rotatable bonds is 5. The molecule has 0 N–H and O–H groups in total. The van der Waals surface area contributed by atoms with Crippen LogP contribution in [0.25, 0.3) is 6.08 Å². The summed E-state index contributed by atoms with van der Waals surface area (Å²) in [6.45, 7) is 9.11. The van der Waals surface area contributed by atoms with Crippen molar-refractivity contribution in [2.75, 3.05) is 6.54 Å². The number of carbonyl (C=O) groups is 1. The van der Waals surface area contributed by atoms with Gasteiger partial charge >= 0.3 is 0 Å². The number of hydrogen-bond acceptors (Lipinski definition) is 2. The van der Waals surface area contributed by atoms with Gasteiger partial charge in [0.05, 0.1) is 0 Å². The number of pyridine rings is 1. The van der Waals surface area contributed by atoms with Crippen LogP contribution in [0.5, 0.6) is 0 Å². The maximum absolute atomic E-state index is 12.1. The normalized spacial score (nSPS) is 11.4. The summed E-state index contributed by atoms with van der Waals surface area (Å²) >= 11 is 0. The van der Waals surface area contributed by atoms with Crippen molar-refractivity contribution < 1.29 is 4.79 Å². The summed E-state index contributed by atoms with van der Waals surface area (Å²) in [5, 5.41) is 0. The Kier molecular flexibility index (Phi) is 5.56. The highest BCUT2D eigenvalue weighted by molar-refractivity contribution is 5.91. The van der Waals surface area contributed by atoms with Crippen LogP contribution in [0, 0.1) is 5.92 Å². The summed E-state index contributed by atoms with van der Waals surface area (Å²) in [6, 6.07) is 3.99. The number of hydrogen-bond donors (Lipinski definition) is 0. The van der Waals surface area contributed by atoms with Crippen LogP contribution in [0.1, 0.15) is 33.3 Å². The predicted molar refractivity (Wildman–Crippen MR) is 75.0 cm³/mol. The van der Waals surface area contributed by atoms with Crippen LogP contribution in [0.3, 0.4) is 0 Å². The first kappa shape index (κ1) is 14.4. The average Bonchev–Trinajstić information content (AvgIpc) is 2.34. The smallest absolute Gasteiger partial charge is 0.246 e. The Morgan fingerprint density at radius 2 is 1.89 bits per heavy atom. The van der Waals surface area contributed by atoms with Crippen molar-refractivity contribution in [3.63, 3.8) is 0 Å². The van der Waals surface area contributed by atoms with Gasteiger partial charge in [-0.15, -0.1) is 0 Å².